The Balaban J connectivity index is 1.59. The Morgan fingerprint density at radius 2 is 1.91 bits per heavy atom. The smallest absolute Gasteiger partial charge is 0.361 e. The van der Waals surface area contributed by atoms with Crippen LogP contribution in [0.15, 0.2) is 27.9 Å². The van der Waals surface area contributed by atoms with Crippen molar-refractivity contribution in [3.63, 3.8) is 0 Å². The van der Waals surface area contributed by atoms with E-state index in [2.05, 4.69) is 15.8 Å². The van der Waals surface area contributed by atoms with Crippen molar-refractivity contribution in [2.75, 3.05) is 11.4 Å². The molecule has 1 aromatic heterocycles. The number of amides is 3. The second-order valence-electron chi connectivity index (χ2n) is 9.48. The van der Waals surface area contributed by atoms with E-state index in [0.29, 0.717) is 33.7 Å². The molecular formula is C23H20F4N4O4. The van der Waals surface area contributed by atoms with Crippen molar-refractivity contribution < 1.29 is 36.4 Å². The molecule has 1 aliphatic carbocycles. The van der Waals surface area contributed by atoms with Gasteiger partial charge in [0.25, 0.3) is 0 Å². The summed E-state index contributed by atoms with van der Waals surface area (Å²) in [4.78, 5) is 26.8. The molecule has 8 nitrogen and oxygen atoms in total. The number of alkyl halides is 3. The van der Waals surface area contributed by atoms with Crippen LogP contribution in [0.1, 0.15) is 23.8 Å². The first kappa shape index (κ1) is 22.1. The van der Waals surface area contributed by atoms with Crippen molar-refractivity contribution >= 4 is 17.6 Å². The van der Waals surface area contributed by atoms with Gasteiger partial charge in [-0.2, -0.15) is 13.2 Å². The maximum absolute atomic E-state index is 15.7. The number of carbonyl (C=O) groups is 2. The monoisotopic (exact) mass is 492 g/mol. The number of nitrogens with one attached hydrogen (secondary N) is 2. The predicted octanol–water partition coefficient (Wildman–Crippen LogP) is 3.27. The Labute approximate surface area is 196 Å². The highest BCUT2D eigenvalue weighted by Crippen LogP contribution is 2.57. The molecule has 4 atom stereocenters. The van der Waals surface area contributed by atoms with Gasteiger partial charge in [0.1, 0.15) is 28.8 Å². The highest BCUT2D eigenvalue weighted by molar-refractivity contribution is 6.05. The molecule has 0 saturated carbocycles. The molecule has 3 aliphatic heterocycles. The molecule has 2 N–H and O–H groups in total. The molecule has 0 bridgehead atoms. The summed E-state index contributed by atoms with van der Waals surface area (Å²) in [5, 5.41) is 8.86. The number of hydrogen-bond acceptors (Lipinski definition) is 6. The van der Waals surface area contributed by atoms with Gasteiger partial charge in [-0.1, -0.05) is 5.16 Å². The number of ether oxygens (including phenoxy) is 1. The number of hydrogen-bond donors (Lipinski definition) is 2. The number of rotatable bonds is 1. The highest BCUT2D eigenvalue weighted by Gasteiger charge is 2.68. The molecule has 1 aromatic carbocycles. The molecule has 2 aromatic rings. The van der Waals surface area contributed by atoms with Crippen molar-refractivity contribution in [3.8, 4) is 11.3 Å². The van der Waals surface area contributed by atoms with Gasteiger partial charge in [-0.15, -0.1) is 0 Å². The topological polar surface area (TPSA) is 96.7 Å². The first-order valence-corrected chi connectivity index (χ1v) is 11.0. The Kier molecular flexibility index (Phi) is 4.31. The van der Waals surface area contributed by atoms with E-state index in [1.807, 2.05) is 0 Å². The van der Waals surface area contributed by atoms with Crippen molar-refractivity contribution in [2.45, 2.75) is 51.6 Å². The standard InChI is InChI=1S/C23H20F4N4O4/c1-8-10(3)35-30-15(8)11-4-12-6-22-18(28-21(33)29-20(22)32)9(2)17-19(22)31(16(12)13(24)5-11)7-14(34-17)23(25,26)27/h4-5,14,17,19H,6-7H2,1-3H3,(H2,28,29,32,33)/t14-,17?,19+,22-/m0/s1. The first-order valence-electron chi connectivity index (χ1n) is 11.0. The van der Waals surface area contributed by atoms with Crippen LogP contribution in [0.3, 0.4) is 0 Å². The van der Waals surface area contributed by atoms with E-state index in [9.17, 15) is 22.8 Å². The first-order chi connectivity index (χ1) is 16.4. The number of morpholine rings is 1. The Hall–Kier alpha value is -3.41. The second-order valence-corrected chi connectivity index (χ2v) is 9.48. The van der Waals surface area contributed by atoms with Gasteiger partial charge in [0.15, 0.2) is 6.10 Å². The number of anilines is 1. The van der Waals surface area contributed by atoms with Crippen LogP contribution in [-0.2, 0) is 16.0 Å². The molecule has 2 saturated heterocycles. The minimum Gasteiger partial charge on any atom is -0.361 e. The summed E-state index contributed by atoms with van der Waals surface area (Å²) in [5.74, 6) is -0.848. The Bertz CT molecular complexity index is 1350. The second kappa shape index (κ2) is 6.84. The molecule has 4 aliphatic rings. The fourth-order valence-corrected chi connectivity index (χ4v) is 5.99. The van der Waals surface area contributed by atoms with E-state index in [-0.39, 0.29) is 17.8 Å². The number of halogens is 4. The molecule has 4 heterocycles. The summed E-state index contributed by atoms with van der Waals surface area (Å²) in [5.41, 5.74) is 0.860. The molecule has 1 spiro atoms. The van der Waals surface area contributed by atoms with Crippen molar-refractivity contribution in [1.82, 2.24) is 15.8 Å². The molecule has 0 radical (unpaired) electrons. The molecule has 2 fully saturated rings. The average Bonchev–Trinajstić information content (AvgIpc) is 3.23. The summed E-state index contributed by atoms with van der Waals surface area (Å²) >= 11 is 0. The van der Waals surface area contributed by atoms with Crippen LogP contribution in [0.25, 0.3) is 11.3 Å². The third kappa shape index (κ3) is 2.79. The van der Waals surface area contributed by atoms with Crippen LogP contribution < -0.4 is 15.5 Å². The highest BCUT2D eigenvalue weighted by atomic mass is 19.4. The summed E-state index contributed by atoms with van der Waals surface area (Å²) in [6.45, 7) is 4.31. The van der Waals surface area contributed by atoms with Gasteiger partial charge in [0.05, 0.1) is 18.3 Å². The van der Waals surface area contributed by atoms with E-state index in [1.54, 1.807) is 19.9 Å². The number of urea groups is 1. The summed E-state index contributed by atoms with van der Waals surface area (Å²) in [6, 6.07) is 1.11. The van der Waals surface area contributed by atoms with E-state index in [1.165, 1.54) is 17.9 Å². The normalized spacial score (nSPS) is 29.5. The fraction of sp³-hybridized carbons (Fsp3) is 0.435. The number of aryl methyl sites for hydroxylation is 1. The SMILES string of the molecule is CC1=C2NC(=O)NC(=O)[C@@]23Cc2cc(-c4noc(C)c4C)cc(F)c2N2C[C@@H](C(F)(F)F)OC1[C@@H]23. The number of fused-ring (bicyclic) bond motifs is 2. The van der Waals surface area contributed by atoms with Crippen molar-refractivity contribution in [3.05, 3.63) is 46.1 Å². The summed E-state index contributed by atoms with van der Waals surface area (Å²) < 4.78 is 67.9. The van der Waals surface area contributed by atoms with E-state index < -0.39 is 54.1 Å². The van der Waals surface area contributed by atoms with Crippen LogP contribution in [0, 0.1) is 25.1 Å². The lowest BCUT2D eigenvalue weighted by molar-refractivity contribution is -0.237. The lowest BCUT2D eigenvalue weighted by Crippen LogP contribution is -2.70. The van der Waals surface area contributed by atoms with E-state index in [0.717, 1.165) is 0 Å². The predicted molar refractivity (Wildman–Crippen MR) is 113 cm³/mol. The molecule has 3 amide bonds. The Morgan fingerprint density at radius 1 is 1.17 bits per heavy atom. The lowest BCUT2D eigenvalue weighted by Gasteiger charge is -2.54. The Morgan fingerprint density at radius 3 is 2.57 bits per heavy atom. The third-order valence-corrected chi connectivity index (χ3v) is 7.63. The lowest BCUT2D eigenvalue weighted by atomic mass is 9.69. The van der Waals surface area contributed by atoms with E-state index >= 15 is 4.39 Å². The third-order valence-electron chi connectivity index (χ3n) is 7.63. The fourth-order valence-electron chi connectivity index (χ4n) is 5.99. The molecule has 184 valence electrons. The maximum Gasteiger partial charge on any atom is 0.416 e. The largest absolute Gasteiger partial charge is 0.416 e. The zero-order valence-electron chi connectivity index (χ0n) is 18.8. The molecule has 12 heteroatoms. The molecular weight excluding hydrogens is 472 g/mol. The van der Waals surface area contributed by atoms with E-state index in [4.69, 9.17) is 9.26 Å². The van der Waals surface area contributed by atoms with Gasteiger partial charge in [-0.3, -0.25) is 10.1 Å². The number of aromatic nitrogens is 1. The summed E-state index contributed by atoms with van der Waals surface area (Å²) in [6.07, 6.45) is -8.13. The molecule has 6 rings (SSSR count). The number of imide groups is 1. The number of carbonyl (C=O) groups excluding carboxylic acids is 2. The van der Waals surface area contributed by atoms with Gasteiger partial charge >= 0.3 is 12.2 Å². The number of nitrogens with zero attached hydrogens (tertiary/aromatic N) is 2. The number of benzene rings is 1. The van der Waals surface area contributed by atoms with Gasteiger partial charge in [-0.05, 0) is 50.5 Å². The minimum absolute atomic E-state index is 0.0106. The van der Waals surface area contributed by atoms with Crippen LogP contribution >= 0.6 is 0 Å². The quantitative estimate of drug-likeness (QED) is 0.594. The minimum atomic E-state index is -4.72. The van der Waals surface area contributed by atoms with Crippen LogP contribution in [-0.4, -0.2) is 48.1 Å². The van der Waals surface area contributed by atoms with Gasteiger partial charge in [-0.25, -0.2) is 9.18 Å². The van der Waals surface area contributed by atoms with Crippen LogP contribution in [0.2, 0.25) is 0 Å². The average molecular weight is 492 g/mol. The van der Waals surface area contributed by atoms with Crippen molar-refractivity contribution in [1.29, 1.82) is 0 Å². The molecule has 35 heavy (non-hydrogen) atoms. The van der Waals surface area contributed by atoms with Gasteiger partial charge in [0, 0.05) is 16.8 Å². The maximum atomic E-state index is 15.7. The van der Waals surface area contributed by atoms with Gasteiger partial charge in [0.2, 0.25) is 5.91 Å². The zero-order chi connectivity index (χ0) is 25.0. The molecule has 1 unspecified atom stereocenters. The summed E-state index contributed by atoms with van der Waals surface area (Å²) in [7, 11) is 0. The zero-order valence-corrected chi connectivity index (χ0v) is 18.8. The van der Waals surface area contributed by atoms with Crippen molar-refractivity contribution in [2.24, 2.45) is 5.41 Å². The van der Waals surface area contributed by atoms with Gasteiger partial charge < -0.3 is 19.5 Å². The van der Waals surface area contributed by atoms with Crippen LogP contribution in [0.5, 0.6) is 0 Å². The van der Waals surface area contributed by atoms with Crippen LogP contribution in [0.4, 0.5) is 28.0 Å².